The van der Waals surface area contributed by atoms with Crippen LogP contribution in [0.4, 0.5) is 0 Å². The molecule has 0 aromatic rings. The Morgan fingerprint density at radius 3 is 2.12 bits per heavy atom. The van der Waals surface area contributed by atoms with Gasteiger partial charge >= 0.3 is 5.97 Å². The lowest BCUT2D eigenvalue weighted by Crippen LogP contribution is -2.70. The van der Waals surface area contributed by atoms with Crippen LogP contribution in [0.15, 0.2) is 0 Å². The molecule has 0 amide bonds. The summed E-state index contributed by atoms with van der Waals surface area (Å²) in [4.78, 5) is 25.1. The molecule has 5 heteroatoms. The third-order valence-corrected chi connectivity index (χ3v) is 9.16. The lowest BCUT2D eigenvalue weighted by atomic mass is 9.57. The highest BCUT2D eigenvalue weighted by Crippen LogP contribution is 2.60. The minimum Gasteiger partial charge on any atom is -0.432 e. The molecule has 0 aromatic carbocycles. The zero-order valence-corrected chi connectivity index (χ0v) is 21.4. The number of ether oxygens (including phenoxy) is 2. The largest absolute Gasteiger partial charge is 0.432 e. The molecule has 1 saturated carbocycles. The van der Waals surface area contributed by atoms with Gasteiger partial charge in [0.15, 0.2) is 5.60 Å². The molecule has 0 radical (unpaired) electrons. The van der Waals surface area contributed by atoms with Gasteiger partial charge in [0.2, 0.25) is 12.1 Å². The average Bonchev–Trinajstić information content (AvgIpc) is 3.03. The van der Waals surface area contributed by atoms with Crippen LogP contribution < -0.4 is 0 Å². The molecule has 5 aliphatic rings. The summed E-state index contributed by atoms with van der Waals surface area (Å²) in [6.45, 7) is 6.49. The van der Waals surface area contributed by atoms with Crippen LogP contribution >= 0.6 is 0 Å². The van der Waals surface area contributed by atoms with Gasteiger partial charge in [0.1, 0.15) is 0 Å². The van der Waals surface area contributed by atoms with E-state index in [1.807, 2.05) is 6.92 Å². The summed E-state index contributed by atoms with van der Waals surface area (Å²) in [5.41, 5.74) is -0.622. The van der Waals surface area contributed by atoms with Gasteiger partial charge in [-0.15, -0.1) is 0 Å². The SMILES string of the molecule is CCCCCCCCCCCCCC[C@H]1C(=O)O[C@@H]2O[C@@]3(C)CC[C@H]4[C@H](C)CC[C@@H]1[C@@]24OO3. The second kappa shape index (κ2) is 11.4. The van der Waals surface area contributed by atoms with Crippen LogP contribution in [0.1, 0.15) is 130 Å². The molecule has 33 heavy (non-hydrogen) atoms. The molecule has 2 bridgehead atoms. The van der Waals surface area contributed by atoms with E-state index in [1.165, 1.54) is 70.6 Å². The first-order chi connectivity index (χ1) is 16.0. The summed E-state index contributed by atoms with van der Waals surface area (Å²) < 4.78 is 12.2. The van der Waals surface area contributed by atoms with Crippen molar-refractivity contribution in [1.82, 2.24) is 0 Å². The lowest BCUT2D eigenvalue weighted by molar-refractivity contribution is -0.559. The van der Waals surface area contributed by atoms with Gasteiger partial charge in [-0.1, -0.05) is 90.9 Å². The van der Waals surface area contributed by atoms with Gasteiger partial charge in [-0.25, -0.2) is 9.78 Å². The number of carbonyl (C=O) groups excluding carboxylic acids is 1. The van der Waals surface area contributed by atoms with E-state index >= 15 is 0 Å². The third-order valence-electron chi connectivity index (χ3n) is 9.16. The fourth-order valence-electron chi connectivity index (χ4n) is 7.14. The van der Waals surface area contributed by atoms with Crippen molar-refractivity contribution >= 4 is 5.97 Å². The van der Waals surface area contributed by atoms with Crippen LogP contribution in [0.2, 0.25) is 0 Å². The molecule has 0 unspecified atom stereocenters. The fraction of sp³-hybridized carbons (Fsp3) is 0.964. The molecule has 190 valence electrons. The van der Waals surface area contributed by atoms with Crippen LogP contribution in [0.3, 0.4) is 0 Å². The second-order valence-electron chi connectivity index (χ2n) is 11.6. The Balaban J connectivity index is 1.22. The van der Waals surface area contributed by atoms with E-state index in [2.05, 4.69) is 13.8 Å². The van der Waals surface area contributed by atoms with E-state index in [1.54, 1.807) is 0 Å². The van der Waals surface area contributed by atoms with Gasteiger partial charge in [-0.2, -0.15) is 0 Å². The minimum atomic E-state index is -0.805. The van der Waals surface area contributed by atoms with Crippen molar-refractivity contribution in [2.75, 3.05) is 0 Å². The predicted molar refractivity (Wildman–Crippen MR) is 128 cm³/mol. The second-order valence-corrected chi connectivity index (χ2v) is 11.6. The molecule has 0 N–H and O–H groups in total. The lowest BCUT2D eigenvalue weighted by Gasteiger charge is -2.58. The summed E-state index contributed by atoms with van der Waals surface area (Å²) in [5, 5.41) is 0. The topological polar surface area (TPSA) is 54.0 Å². The van der Waals surface area contributed by atoms with Gasteiger partial charge < -0.3 is 9.47 Å². The Kier molecular flexibility index (Phi) is 8.78. The Labute approximate surface area is 201 Å². The van der Waals surface area contributed by atoms with Crippen molar-refractivity contribution in [3.63, 3.8) is 0 Å². The maximum Gasteiger partial charge on any atom is 0.311 e. The molecular weight excluding hydrogens is 416 g/mol. The van der Waals surface area contributed by atoms with Crippen molar-refractivity contribution in [3.8, 4) is 0 Å². The Morgan fingerprint density at radius 1 is 0.818 bits per heavy atom. The van der Waals surface area contributed by atoms with Gasteiger partial charge in [-0.3, -0.25) is 4.79 Å². The number of hydrogen-bond acceptors (Lipinski definition) is 5. The quantitative estimate of drug-likeness (QED) is 0.161. The van der Waals surface area contributed by atoms with Gasteiger partial charge in [0.25, 0.3) is 0 Å². The summed E-state index contributed by atoms with van der Waals surface area (Å²) in [5.74, 6) is 0.0184. The normalized spacial score (nSPS) is 39.7. The number of fused-ring (bicyclic) bond motifs is 2. The van der Waals surface area contributed by atoms with Gasteiger partial charge in [0, 0.05) is 18.3 Å². The summed E-state index contributed by atoms with van der Waals surface area (Å²) in [6.07, 6.45) is 20.2. The Morgan fingerprint density at radius 2 is 1.45 bits per heavy atom. The Hall–Kier alpha value is -0.650. The minimum absolute atomic E-state index is 0.0771. The average molecular weight is 465 g/mol. The highest BCUT2D eigenvalue weighted by molar-refractivity contribution is 5.74. The number of carbonyl (C=O) groups is 1. The van der Waals surface area contributed by atoms with Crippen molar-refractivity contribution in [1.29, 1.82) is 0 Å². The number of esters is 1. The highest BCUT2D eigenvalue weighted by Gasteiger charge is 2.70. The molecule has 0 aromatic heterocycles. The number of hydrogen-bond donors (Lipinski definition) is 0. The molecule has 5 nitrogen and oxygen atoms in total. The van der Waals surface area contributed by atoms with E-state index in [-0.39, 0.29) is 17.8 Å². The highest BCUT2D eigenvalue weighted by atomic mass is 17.3. The fourth-order valence-corrected chi connectivity index (χ4v) is 7.14. The zero-order chi connectivity index (χ0) is 23.3. The van der Waals surface area contributed by atoms with Crippen molar-refractivity contribution in [2.45, 2.75) is 148 Å². The molecular formula is C28H48O5. The van der Waals surface area contributed by atoms with Crippen LogP contribution in [-0.4, -0.2) is 23.6 Å². The maximum absolute atomic E-state index is 13.1. The van der Waals surface area contributed by atoms with Gasteiger partial charge in [0.05, 0.1) is 5.92 Å². The maximum atomic E-state index is 13.1. The molecule has 5 rings (SSSR count). The molecule has 4 saturated heterocycles. The van der Waals surface area contributed by atoms with Crippen LogP contribution in [0, 0.1) is 23.7 Å². The van der Waals surface area contributed by atoms with Crippen LogP contribution in [0.25, 0.3) is 0 Å². The number of rotatable bonds is 13. The molecule has 7 atom stereocenters. The van der Waals surface area contributed by atoms with Crippen LogP contribution in [0.5, 0.6) is 0 Å². The Bertz CT molecular complexity index is 638. The molecule has 1 aliphatic carbocycles. The van der Waals surface area contributed by atoms with Crippen molar-refractivity contribution < 1.29 is 24.0 Å². The molecule has 1 spiro atoms. The predicted octanol–water partition coefficient (Wildman–Crippen LogP) is 7.47. The third kappa shape index (κ3) is 5.46. The first kappa shape index (κ1) is 25.4. The summed E-state index contributed by atoms with van der Waals surface area (Å²) in [7, 11) is 0. The monoisotopic (exact) mass is 464 g/mol. The van der Waals surface area contributed by atoms with Gasteiger partial charge in [-0.05, 0) is 38.5 Å². The standard InChI is InChI=1S/C28H48O5/c1-4-5-6-7-8-9-10-11-12-13-14-15-16-22-24-18-17-21(2)23-19-20-27(3)31-26(30-25(22)29)28(23,24)33-32-27/h21-24,26H,4-20H2,1-3H3/t21-,22-,23+,24+,26-,27-,28-/m1/s1. The van der Waals surface area contributed by atoms with Crippen molar-refractivity contribution in [3.05, 3.63) is 0 Å². The smallest absolute Gasteiger partial charge is 0.311 e. The van der Waals surface area contributed by atoms with Crippen molar-refractivity contribution in [2.24, 2.45) is 23.7 Å². The van der Waals surface area contributed by atoms with E-state index in [0.717, 1.165) is 38.5 Å². The first-order valence-electron chi connectivity index (χ1n) is 14.3. The molecule has 5 fully saturated rings. The summed E-state index contributed by atoms with van der Waals surface area (Å²) in [6, 6.07) is 0. The van der Waals surface area contributed by atoms with E-state index in [0.29, 0.717) is 11.8 Å². The van der Waals surface area contributed by atoms with E-state index in [4.69, 9.17) is 19.2 Å². The van der Waals surface area contributed by atoms with E-state index < -0.39 is 17.7 Å². The molecule has 4 aliphatic heterocycles. The molecule has 4 heterocycles. The van der Waals surface area contributed by atoms with Crippen LogP contribution in [-0.2, 0) is 24.0 Å². The first-order valence-corrected chi connectivity index (χ1v) is 14.3. The number of unbranched alkanes of at least 4 members (excludes halogenated alkanes) is 11. The summed E-state index contributed by atoms with van der Waals surface area (Å²) >= 11 is 0. The van der Waals surface area contributed by atoms with E-state index in [9.17, 15) is 4.79 Å². The zero-order valence-electron chi connectivity index (χ0n) is 21.4.